The van der Waals surface area contributed by atoms with Crippen molar-refractivity contribution in [2.75, 3.05) is 0 Å². The van der Waals surface area contributed by atoms with Crippen LogP contribution in [0.3, 0.4) is 0 Å². The molecule has 2 heteroatoms. The lowest BCUT2D eigenvalue weighted by Crippen LogP contribution is -2.39. The fraction of sp³-hybridized carbons (Fsp3) is 0.909. The molecule has 0 radical (unpaired) electrons. The molecule has 0 rings (SSSR count). The molecule has 0 saturated heterocycles. The summed E-state index contributed by atoms with van der Waals surface area (Å²) in [6.07, 6.45) is 22.4. The molecule has 24 heavy (non-hydrogen) atoms. The maximum Gasteiger partial charge on any atom is 0.249 e. The van der Waals surface area contributed by atoms with E-state index in [0.29, 0.717) is 5.04 Å². The molecule has 0 aromatic rings. The van der Waals surface area contributed by atoms with Crippen molar-refractivity contribution in [3.05, 3.63) is 12.3 Å². The van der Waals surface area contributed by atoms with Crippen LogP contribution in [0.2, 0.25) is 18.1 Å². The van der Waals surface area contributed by atoms with Gasteiger partial charge in [0.1, 0.15) is 0 Å². The summed E-state index contributed by atoms with van der Waals surface area (Å²) >= 11 is 0. The summed E-state index contributed by atoms with van der Waals surface area (Å²) in [6.45, 7) is 13.8. The van der Waals surface area contributed by atoms with E-state index in [1.165, 1.54) is 83.5 Å². The molecule has 0 aliphatic rings. The van der Waals surface area contributed by atoms with Crippen molar-refractivity contribution in [2.45, 2.75) is 129 Å². The first kappa shape index (κ1) is 23.8. The Balaban J connectivity index is 3.35. The van der Waals surface area contributed by atoms with Crippen LogP contribution in [0.15, 0.2) is 12.3 Å². The van der Waals surface area contributed by atoms with Crippen LogP contribution >= 0.6 is 0 Å². The largest absolute Gasteiger partial charge is 0.549 e. The molecule has 0 amide bonds. The molecule has 0 aliphatic heterocycles. The standard InChI is InChI=1S/C22H46OSi/c1-7-8-9-10-11-12-13-14-15-16-17-18-19-20-21-23-24(5,6)22(2,3)4/h20-21H,7-19H2,1-6H3. The Morgan fingerprint density at radius 3 is 1.54 bits per heavy atom. The normalized spacial score (nSPS) is 12.9. The molecule has 0 aromatic heterocycles. The SMILES string of the molecule is CCCCCCCCCCCCCCC=CO[Si](C)(C)C(C)(C)C. The highest BCUT2D eigenvalue weighted by Crippen LogP contribution is 2.36. The average molecular weight is 355 g/mol. The average Bonchev–Trinajstić information content (AvgIpc) is 2.50. The molecule has 0 unspecified atom stereocenters. The fourth-order valence-corrected chi connectivity index (χ4v) is 3.36. The summed E-state index contributed by atoms with van der Waals surface area (Å²) in [4.78, 5) is 0. The van der Waals surface area contributed by atoms with Gasteiger partial charge in [-0.05, 0) is 31.0 Å². The van der Waals surface area contributed by atoms with E-state index in [2.05, 4.69) is 46.9 Å². The molecule has 0 atom stereocenters. The topological polar surface area (TPSA) is 9.23 Å². The molecule has 0 bridgehead atoms. The van der Waals surface area contributed by atoms with Crippen molar-refractivity contribution in [1.29, 1.82) is 0 Å². The molecule has 0 heterocycles. The van der Waals surface area contributed by atoms with Crippen molar-refractivity contribution in [3.8, 4) is 0 Å². The van der Waals surface area contributed by atoms with Crippen LogP contribution in [-0.2, 0) is 4.43 Å². The van der Waals surface area contributed by atoms with E-state index < -0.39 is 8.32 Å². The van der Waals surface area contributed by atoms with Crippen molar-refractivity contribution < 1.29 is 4.43 Å². The van der Waals surface area contributed by atoms with Crippen LogP contribution in [0.25, 0.3) is 0 Å². The van der Waals surface area contributed by atoms with Crippen molar-refractivity contribution >= 4 is 8.32 Å². The maximum atomic E-state index is 6.06. The summed E-state index contributed by atoms with van der Waals surface area (Å²) in [5.41, 5.74) is 0. The number of hydrogen-bond acceptors (Lipinski definition) is 1. The predicted molar refractivity (Wildman–Crippen MR) is 113 cm³/mol. The van der Waals surface area contributed by atoms with Gasteiger partial charge in [0.15, 0.2) is 0 Å². The quantitative estimate of drug-likeness (QED) is 0.162. The number of unbranched alkanes of at least 4 members (excludes halogenated alkanes) is 12. The molecule has 0 spiro atoms. The van der Waals surface area contributed by atoms with Crippen molar-refractivity contribution in [1.82, 2.24) is 0 Å². The van der Waals surface area contributed by atoms with Gasteiger partial charge in [-0.3, -0.25) is 0 Å². The molecule has 0 aliphatic carbocycles. The van der Waals surface area contributed by atoms with Gasteiger partial charge in [-0.1, -0.05) is 104 Å². The Kier molecular flexibility index (Phi) is 13.8. The number of rotatable bonds is 15. The molecule has 0 fully saturated rings. The molecule has 1 nitrogen and oxygen atoms in total. The third kappa shape index (κ3) is 13.1. The van der Waals surface area contributed by atoms with Gasteiger partial charge in [-0.25, -0.2) is 0 Å². The van der Waals surface area contributed by atoms with Gasteiger partial charge in [-0.15, -0.1) is 0 Å². The van der Waals surface area contributed by atoms with Gasteiger partial charge >= 0.3 is 0 Å². The highest BCUT2D eigenvalue weighted by molar-refractivity contribution is 6.74. The smallest absolute Gasteiger partial charge is 0.249 e. The molecular formula is C22H46OSi. The van der Waals surface area contributed by atoms with Gasteiger partial charge in [0.05, 0.1) is 6.26 Å². The second-order valence-corrected chi connectivity index (χ2v) is 13.7. The second-order valence-electron chi connectivity index (χ2n) is 8.93. The highest BCUT2D eigenvalue weighted by atomic mass is 28.4. The van der Waals surface area contributed by atoms with Crippen LogP contribution in [-0.4, -0.2) is 8.32 Å². The van der Waals surface area contributed by atoms with Gasteiger partial charge < -0.3 is 4.43 Å². The van der Waals surface area contributed by atoms with Crippen LogP contribution in [0.5, 0.6) is 0 Å². The van der Waals surface area contributed by atoms with Crippen LogP contribution in [0, 0.1) is 0 Å². The summed E-state index contributed by atoms with van der Waals surface area (Å²) in [7, 11) is -1.60. The van der Waals surface area contributed by atoms with Gasteiger partial charge in [-0.2, -0.15) is 0 Å². The zero-order valence-corrected chi connectivity index (χ0v) is 18.8. The van der Waals surface area contributed by atoms with E-state index in [4.69, 9.17) is 4.43 Å². The Bertz CT molecular complexity index is 302. The monoisotopic (exact) mass is 354 g/mol. The predicted octanol–water partition coefficient (Wildman–Crippen LogP) is 8.61. The fourth-order valence-electron chi connectivity index (χ4n) is 2.57. The first-order valence-electron chi connectivity index (χ1n) is 10.6. The van der Waals surface area contributed by atoms with Crippen molar-refractivity contribution in [3.63, 3.8) is 0 Å². The Morgan fingerprint density at radius 2 is 1.12 bits per heavy atom. The van der Waals surface area contributed by atoms with Crippen molar-refractivity contribution in [2.24, 2.45) is 0 Å². The molecule has 0 N–H and O–H groups in total. The lowest BCUT2D eigenvalue weighted by atomic mass is 10.0. The summed E-state index contributed by atoms with van der Waals surface area (Å²) in [5.74, 6) is 0. The van der Waals surface area contributed by atoms with E-state index in [-0.39, 0.29) is 0 Å². The first-order chi connectivity index (χ1) is 11.3. The third-order valence-electron chi connectivity index (χ3n) is 5.49. The lowest BCUT2D eigenvalue weighted by Gasteiger charge is -2.34. The second kappa shape index (κ2) is 14.0. The Labute approximate surface area is 154 Å². The van der Waals surface area contributed by atoms with E-state index in [1.807, 2.05) is 6.26 Å². The molecular weight excluding hydrogens is 308 g/mol. The number of allylic oxidation sites excluding steroid dienone is 1. The minimum absolute atomic E-state index is 0.299. The minimum Gasteiger partial charge on any atom is -0.549 e. The molecule has 144 valence electrons. The highest BCUT2D eigenvalue weighted by Gasteiger charge is 2.37. The number of hydrogen-bond donors (Lipinski definition) is 0. The van der Waals surface area contributed by atoms with Gasteiger partial charge in [0, 0.05) is 0 Å². The minimum atomic E-state index is -1.60. The van der Waals surface area contributed by atoms with Crippen LogP contribution < -0.4 is 0 Å². The van der Waals surface area contributed by atoms with E-state index >= 15 is 0 Å². The molecule has 0 saturated carbocycles. The van der Waals surface area contributed by atoms with E-state index in [9.17, 15) is 0 Å². The van der Waals surface area contributed by atoms with Gasteiger partial charge in [0.25, 0.3) is 0 Å². The van der Waals surface area contributed by atoms with Gasteiger partial charge in [0.2, 0.25) is 8.32 Å². The lowest BCUT2D eigenvalue weighted by molar-refractivity contribution is 0.427. The van der Waals surface area contributed by atoms with Crippen LogP contribution in [0.1, 0.15) is 111 Å². The Morgan fingerprint density at radius 1 is 0.708 bits per heavy atom. The Hall–Kier alpha value is -0.243. The zero-order valence-electron chi connectivity index (χ0n) is 17.8. The molecule has 0 aromatic carbocycles. The van der Waals surface area contributed by atoms with E-state index in [0.717, 1.165) is 0 Å². The summed E-state index contributed by atoms with van der Waals surface area (Å²) < 4.78 is 6.06. The summed E-state index contributed by atoms with van der Waals surface area (Å²) in [6, 6.07) is 0. The maximum absolute atomic E-state index is 6.06. The van der Waals surface area contributed by atoms with E-state index in [1.54, 1.807) is 0 Å². The zero-order chi connectivity index (χ0) is 18.3. The summed E-state index contributed by atoms with van der Waals surface area (Å²) in [5, 5.41) is 0.299. The first-order valence-corrected chi connectivity index (χ1v) is 13.5. The third-order valence-corrected chi connectivity index (χ3v) is 9.83. The van der Waals surface area contributed by atoms with Crippen LogP contribution in [0.4, 0.5) is 0 Å².